The molecule has 1 heterocycles. The zero-order valence-corrected chi connectivity index (χ0v) is 16.0. The van der Waals surface area contributed by atoms with Crippen LogP contribution in [0.25, 0.3) is 0 Å². The molecular weight excluding hydrogens is 400 g/mol. The zero-order valence-electron chi connectivity index (χ0n) is 14.5. The summed E-state index contributed by atoms with van der Waals surface area (Å²) in [7, 11) is 0. The lowest BCUT2D eigenvalue weighted by atomic mass is 9.79. The van der Waals surface area contributed by atoms with Gasteiger partial charge < -0.3 is 10.6 Å². The fourth-order valence-electron chi connectivity index (χ4n) is 3.03. The number of carbonyl (C=O) groups excluding carboxylic acids is 4. The number of hydrogen-bond acceptors (Lipinski definition) is 5. The molecule has 2 aromatic rings. The van der Waals surface area contributed by atoms with Gasteiger partial charge in [0.05, 0.1) is 5.92 Å². The van der Waals surface area contributed by atoms with Crippen LogP contribution in [-0.4, -0.2) is 28.5 Å². The van der Waals surface area contributed by atoms with Crippen LogP contribution in [0.5, 0.6) is 0 Å². The molecular formula is C20H15ClN2O4S. The number of carbonyl (C=O) groups is 4. The summed E-state index contributed by atoms with van der Waals surface area (Å²) in [6.07, 6.45) is -0.302. The molecule has 1 aliphatic rings. The molecule has 1 unspecified atom stereocenters. The van der Waals surface area contributed by atoms with Gasteiger partial charge in [-0.15, -0.1) is 0 Å². The predicted octanol–water partition coefficient (Wildman–Crippen LogP) is 2.56. The Morgan fingerprint density at radius 3 is 2.07 bits per heavy atom. The number of rotatable bonds is 6. The number of thiocarbonyl (C=S) groups is 1. The van der Waals surface area contributed by atoms with Gasteiger partial charge >= 0.3 is 0 Å². The van der Waals surface area contributed by atoms with Crippen molar-refractivity contribution in [1.82, 2.24) is 10.6 Å². The summed E-state index contributed by atoms with van der Waals surface area (Å²) in [5, 5.41) is 5.00. The quantitative estimate of drug-likeness (QED) is 0.430. The smallest absolute Gasteiger partial charge is 0.239 e. The van der Waals surface area contributed by atoms with E-state index in [0.717, 1.165) is 0 Å². The topological polar surface area (TPSA) is 92.3 Å². The third-order valence-corrected chi connectivity index (χ3v) is 4.86. The molecule has 8 heteroatoms. The van der Waals surface area contributed by atoms with Crippen molar-refractivity contribution in [3.8, 4) is 0 Å². The van der Waals surface area contributed by atoms with E-state index in [1.54, 1.807) is 30.3 Å². The number of benzene rings is 2. The molecule has 0 spiro atoms. The van der Waals surface area contributed by atoms with Crippen LogP contribution in [0.15, 0.2) is 54.6 Å². The minimum atomic E-state index is -1.37. The Bertz CT molecular complexity index is 940. The van der Waals surface area contributed by atoms with Gasteiger partial charge in [-0.2, -0.15) is 0 Å². The van der Waals surface area contributed by atoms with E-state index in [1.165, 1.54) is 24.3 Å². The van der Waals surface area contributed by atoms with E-state index < -0.39 is 29.4 Å². The Morgan fingerprint density at radius 1 is 0.929 bits per heavy atom. The lowest BCUT2D eigenvalue weighted by molar-refractivity contribution is -0.136. The third-order valence-electron chi connectivity index (χ3n) is 4.41. The minimum Gasteiger partial charge on any atom is -0.302 e. The van der Waals surface area contributed by atoms with E-state index in [9.17, 15) is 19.2 Å². The van der Waals surface area contributed by atoms with Crippen LogP contribution in [0.1, 0.15) is 27.1 Å². The van der Waals surface area contributed by atoms with Crippen LogP contribution in [0, 0.1) is 11.8 Å². The molecule has 28 heavy (non-hydrogen) atoms. The van der Waals surface area contributed by atoms with Gasteiger partial charge in [-0.25, -0.2) is 0 Å². The summed E-state index contributed by atoms with van der Waals surface area (Å²) >= 11 is 10.7. The maximum atomic E-state index is 13.1. The molecule has 3 rings (SSSR count). The lowest BCUT2D eigenvalue weighted by Crippen LogP contribution is -2.58. The lowest BCUT2D eigenvalue weighted by Gasteiger charge is -2.28. The maximum absolute atomic E-state index is 13.1. The van der Waals surface area contributed by atoms with Crippen molar-refractivity contribution in [3.05, 3.63) is 70.7 Å². The Balaban J connectivity index is 1.95. The number of halogens is 1. The first kappa shape index (κ1) is 19.9. The van der Waals surface area contributed by atoms with Crippen molar-refractivity contribution in [2.24, 2.45) is 11.8 Å². The van der Waals surface area contributed by atoms with Crippen molar-refractivity contribution in [3.63, 3.8) is 0 Å². The second kappa shape index (κ2) is 8.41. The Labute approximate surface area is 171 Å². The highest BCUT2D eigenvalue weighted by Crippen LogP contribution is 2.26. The summed E-state index contributed by atoms with van der Waals surface area (Å²) in [5.74, 6) is -4.81. The SMILES string of the molecule is O=C(CC(C(=O)c1ccc(Cl)cc1)C1C(=O)NC(=S)NC1=O)c1ccccc1. The van der Waals surface area contributed by atoms with E-state index in [-0.39, 0.29) is 22.9 Å². The van der Waals surface area contributed by atoms with Crippen molar-refractivity contribution in [2.75, 3.05) is 0 Å². The van der Waals surface area contributed by atoms with Gasteiger partial charge in [-0.1, -0.05) is 41.9 Å². The van der Waals surface area contributed by atoms with E-state index in [0.29, 0.717) is 10.6 Å². The van der Waals surface area contributed by atoms with Crippen LogP contribution in [0.3, 0.4) is 0 Å². The van der Waals surface area contributed by atoms with Gasteiger partial charge in [-0.3, -0.25) is 19.2 Å². The second-order valence-electron chi connectivity index (χ2n) is 6.26. The Morgan fingerprint density at radius 2 is 1.50 bits per heavy atom. The first-order chi connectivity index (χ1) is 13.4. The highest BCUT2D eigenvalue weighted by Gasteiger charge is 2.43. The molecule has 0 radical (unpaired) electrons. The molecule has 2 aromatic carbocycles. The number of hydrogen-bond donors (Lipinski definition) is 2. The van der Waals surface area contributed by atoms with Crippen LogP contribution < -0.4 is 10.6 Å². The molecule has 0 bridgehead atoms. The first-order valence-corrected chi connectivity index (χ1v) is 9.19. The number of nitrogens with one attached hydrogen (secondary N) is 2. The third kappa shape index (κ3) is 4.32. The molecule has 1 atom stereocenters. The Hall–Kier alpha value is -2.90. The summed E-state index contributed by atoms with van der Waals surface area (Å²) in [5.41, 5.74) is 0.646. The van der Waals surface area contributed by atoms with Crippen LogP contribution in [-0.2, 0) is 9.59 Å². The summed E-state index contributed by atoms with van der Waals surface area (Å²) in [6.45, 7) is 0. The normalized spacial score (nSPS) is 15.5. The number of amides is 2. The molecule has 1 fully saturated rings. The minimum absolute atomic E-state index is 0.127. The number of Topliss-reactive ketones (excluding diaryl/α,β-unsaturated/α-hetero) is 2. The largest absolute Gasteiger partial charge is 0.302 e. The summed E-state index contributed by atoms with van der Waals surface area (Å²) in [6, 6.07) is 14.4. The summed E-state index contributed by atoms with van der Waals surface area (Å²) in [4.78, 5) is 50.7. The summed E-state index contributed by atoms with van der Waals surface area (Å²) < 4.78 is 0. The Kier molecular flexibility index (Phi) is 5.96. The molecule has 6 nitrogen and oxygen atoms in total. The van der Waals surface area contributed by atoms with E-state index >= 15 is 0 Å². The monoisotopic (exact) mass is 414 g/mol. The van der Waals surface area contributed by atoms with Crippen molar-refractivity contribution in [1.29, 1.82) is 0 Å². The van der Waals surface area contributed by atoms with Gasteiger partial charge in [0, 0.05) is 22.6 Å². The molecule has 1 aliphatic heterocycles. The molecule has 0 saturated carbocycles. The number of ketones is 2. The maximum Gasteiger partial charge on any atom is 0.239 e. The molecule has 0 aliphatic carbocycles. The van der Waals surface area contributed by atoms with Gasteiger partial charge in [0.2, 0.25) is 11.8 Å². The van der Waals surface area contributed by atoms with Crippen LogP contribution in [0.4, 0.5) is 0 Å². The van der Waals surface area contributed by atoms with Crippen LogP contribution >= 0.6 is 23.8 Å². The molecule has 2 amide bonds. The average Bonchev–Trinajstić information content (AvgIpc) is 2.67. The highest BCUT2D eigenvalue weighted by molar-refractivity contribution is 7.80. The second-order valence-corrected chi connectivity index (χ2v) is 7.10. The van der Waals surface area contributed by atoms with Gasteiger partial charge in [-0.05, 0) is 36.5 Å². The van der Waals surface area contributed by atoms with Crippen molar-refractivity contribution >= 4 is 52.3 Å². The molecule has 1 saturated heterocycles. The van der Waals surface area contributed by atoms with Crippen LogP contribution in [0.2, 0.25) is 5.02 Å². The predicted molar refractivity (Wildman–Crippen MR) is 107 cm³/mol. The molecule has 0 aromatic heterocycles. The fraction of sp³-hybridized carbons (Fsp3) is 0.150. The first-order valence-electron chi connectivity index (χ1n) is 8.40. The highest BCUT2D eigenvalue weighted by atomic mass is 35.5. The van der Waals surface area contributed by atoms with E-state index in [1.807, 2.05) is 0 Å². The standard InChI is InChI=1S/C20H15ClN2O4S/c21-13-8-6-12(7-9-13)17(25)14(10-15(24)11-4-2-1-3-5-11)16-18(26)22-20(28)23-19(16)27/h1-9,14,16H,10H2,(H2,22,23,26,27,28). The van der Waals surface area contributed by atoms with Crippen molar-refractivity contribution < 1.29 is 19.2 Å². The molecule has 2 N–H and O–H groups in total. The van der Waals surface area contributed by atoms with Gasteiger partial charge in [0.1, 0.15) is 5.92 Å². The van der Waals surface area contributed by atoms with Crippen molar-refractivity contribution in [2.45, 2.75) is 6.42 Å². The van der Waals surface area contributed by atoms with E-state index in [2.05, 4.69) is 10.6 Å². The van der Waals surface area contributed by atoms with Gasteiger partial charge in [0.25, 0.3) is 0 Å². The zero-order chi connectivity index (χ0) is 20.3. The fourth-order valence-corrected chi connectivity index (χ4v) is 3.35. The van der Waals surface area contributed by atoms with E-state index in [4.69, 9.17) is 23.8 Å². The molecule has 142 valence electrons. The average molecular weight is 415 g/mol. The van der Waals surface area contributed by atoms with Gasteiger partial charge in [0.15, 0.2) is 16.7 Å².